The highest BCUT2D eigenvalue weighted by Gasteiger charge is 2.43. The first-order valence-electron chi connectivity index (χ1n) is 17.0. The molecule has 3 atom stereocenters. The minimum Gasteiger partial charge on any atom is -0.457 e. The Morgan fingerprint density at radius 1 is 1.09 bits per heavy atom. The van der Waals surface area contributed by atoms with E-state index in [2.05, 4.69) is 31.9 Å². The standard InChI is InChI=1S/C36H57N3O7Si/c1-7-28-15-8-10-18-32(28)46-33-19-11-9-17-31(33)36(43,20-12-13-22-44-3)29-16-14-21-39(25-29)34(41)37-30(27-40)26-38(2)35(42)45-23-24-47(4,5)6/h8-11,15,17-19,29-30,40,43H,7,12-14,16,20-27H2,1-6H3,(H,37,41)/t29-,30-,36+/m1/s1. The Morgan fingerprint density at radius 2 is 1.79 bits per heavy atom. The molecule has 1 aliphatic heterocycles. The fourth-order valence-electron chi connectivity index (χ4n) is 6.05. The zero-order valence-corrected chi connectivity index (χ0v) is 30.3. The molecule has 47 heavy (non-hydrogen) atoms. The zero-order chi connectivity index (χ0) is 34.5. The van der Waals surface area contributed by atoms with Gasteiger partial charge in [-0.15, -0.1) is 0 Å². The maximum absolute atomic E-state index is 13.5. The molecule has 2 aromatic carbocycles. The van der Waals surface area contributed by atoms with Crippen LogP contribution in [-0.2, 0) is 21.5 Å². The maximum Gasteiger partial charge on any atom is 0.409 e. The summed E-state index contributed by atoms with van der Waals surface area (Å²) in [4.78, 5) is 29.2. The van der Waals surface area contributed by atoms with Gasteiger partial charge in [0.15, 0.2) is 0 Å². The number of piperidine rings is 1. The van der Waals surface area contributed by atoms with E-state index < -0.39 is 25.8 Å². The Labute approximate surface area is 282 Å². The van der Waals surface area contributed by atoms with E-state index in [0.717, 1.165) is 43.0 Å². The van der Waals surface area contributed by atoms with Crippen LogP contribution in [0.1, 0.15) is 50.2 Å². The molecule has 3 rings (SSSR count). The van der Waals surface area contributed by atoms with Gasteiger partial charge in [-0.25, -0.2) is 9.59 Å². The van der Waals surface area contributed by atoms with Crippen molar-refractivity contribution < 1.29 is 34.0 Å². The number of amides is 3. The Bertz CT molecular complexity index is 1270. The Hall–Kier alpha value is -3.12. The predicted octanol–water partition coefficient (Wildman–Crippen LogP) is 6.23. The number of nitrogens with one attached hydrogen (secondary N) is 1. The summed E-state index contributed by atoms with van der Waals surface area (Å²) in [5, 5.41) is 25.6. The second-order valence-electron chi connectivity index (χ2n) is 13.9. The minimum absolute atomic E-state index is 0.110. The van der Waals surface area contributed by atoms with Crippen LogP contribution < -0.4 is 10.1 Å². The molecule has 0 radical (unpaired) electrons. The number of urea groups is 1. The molecule has 0 aromatic heterocycles. The molecule has 1 aliphatic rings. The number of hydrogen-bond acceptors (Lipinski definition) is 7. The minimum atomic E-state index is -1.35. The zero-order valence-electron chi connectivity index (χ0n) is 29.3. The second kappa shape index (κ2) is 18.4. The average Bonchev–Trinajstić information content (AvgIpc) is 3.06. The highest BCUT2D eigenvalue weighted by atomic mass is 28.3. The molecule has 11 heteroatoms. The van der Waals surface area contributed by atoms with Gasteiger partial charge >= 0.3 is 12.1 Å². The first-order valence-corrected chi connectivity index (χ1v) is 20.7. The topological polar surface area (TPSA) is 121 Å². The quantitative estimate of drug-likeness (QED) is 0.135. The van der Waals surface area contributed by atoms with Crippen LogP contribution in [0.2, 0.25) is 25.7 Å². The smallest absolute Gasteiger partial charge is 0.409 e. The van der Waals surface area contributed by atoms with E-state index in [-0.39, 0.29) is 25.1 Å². The number of hydrogen-bond donors (Lipinski definition) is 3. The lowest BCUT2D eigenvalue weighted by Gasteiger charge is -2.43. The number of aliphatic hydroxyl groups is 2. The number of carbonyl (C=O) groups is 2. The van der Waals surface area contributed by atoms with Crippen LogP contribution in [0.4, 0.5) is 9.59 Å². The van der Waals surface area contributed by atoms with E-state index in [1.54, 1.807) is 19.1 Å². The highest BCUT2D eigenvalue weighted by molar-refractivity contribution is 6.76. The van der Waals surface area contributed by atoms with E-state index >= 15 is 0 Å². The van der Waals surface area contributed by atoms with Crippen LogP contribution in [0.15, 0.2) is 48.5 Å². The van der Waals surface area contributed by atoms with E-state index in [1.165, 1.54) is 4.90 Å². The van der Waals surface area contributed by atoms with E-state index in [9.17, 15) is 19.8 Å². The molecule has 0 unspecified atom stereocenters. The van der Waals surface area contributed by atoms with Crippen molar-refractivity contribution in [1.82, 2.24) is 15.1 Å². The van der Waals surface area contributed by atoms with Gasteiger partial charge in [0.25, 0.3) is 0 Å². The predicted molar refractivity (Wildman–Crippen MR) is 188 cm³/mol. The van der Waals surface area contributed by atoms with Crippen molar-refractivity contribution in [2.45, 2.75) is 82.8 Å². The molecular formula is C36H57N3O7Si. The van der Waals surface area contributed by atoms with Crippen molar-refractivity contribution in [3.8, 4) is 11.5 Å². The summed E-state index contributed by atoms with van der Waals surface area (Å²) < 4.78 is 17.2. The molecule has 3 amide bonds. The Balaban J connectivity index is 1.76. The van der Waals surface area contributed by atoms with Crippen molar-refractivity contribution >= 4 is 20.2 Å². The molecule has 0 saturated carbocycles. The van der Waals surface area contributed by atoms with Gasteiger partial charge in [0, 0.05) is 60.0 Å². The summed E-state index contributed by atoms with van der Waals surface area (Å²) in [5.41, 5.74) is 0.522. The number of likely N-dealkylation sites (tertiary alicyclic amines) is 1. The lowest BCUT2D eigenvalue weighted by atomic mass is 9.73. The number of methoxy groups -OCH3 is 1. The molecule has 2 aromatic rings. The number of nitrogens with zero attached hydrogens (tertiary/aromatic N) is 2. The van der Waals surface area contributed by atoms with Crippen LogP contribution in [0.5, 0.6) is 11.5 Å². The van der Waals surface area contributed by atoms with Gasteiger partial charge in [-0.2, -0.15) is 0 Å². The summed E-state index contributed by atoms with van der Waals surface area (Å²) in [6.45, 7) is 10.3. The summed E-state index contributed by atoms with van der Waals surface area (Å²) >= 11 is 0. The number of aliphatic hydroxyl groups excluding tert-OH is 1. The van der Waals surface area contributed by atoms with Crippen molar-refractivity contribution in [2.24, 2.45) is 5.92 Å². The number of benzene rings is 2. The third-order valence-electron chi connectivity index (χ3n) is 8.90. The number of ether oxygens (including phenoxy) is 3. The van der Waals surface area contributed by atoms with Crippen LogP contribution >= 0.6 is 0 Å². The van der Waals surface area contributed by atoms with Gasteiger partial charge in [-0.05, 0) is 62.3 Å². The number of likely N-dealkylation sites (N-methyl/N-ethyl adjacent to an activating group) is 1. The van der Waals surface area contributed by atoms with Crippen molar-refractivity contribution in [3.63, 3.8) is 0 Å². The van der Waals surface area contributed by atoms with Crippen LogP contribution in [-0.4, -0.2) is 99.9 Å². The Kier molecular flexibility index (Phi) is 15.0. The maximum atomic E-state index is 13.5. The summed E-state index contributed by atoms with van der Waals surface area (Å²) in [7, 11) is 1.93. The molecule has 1 fully saturated rings. The summed E-state index contributed by atoms with van der Waals surface area (Å²) in [6, 6.07) is 15.4. The summed E-state index contributed by atoms with van der Waals surface area (Å²) in [6.07, 6.45) is 3.80. The number of carbonyl (C=O) groups excluding carboxylic acids is 2. The van der Waals surface area contributed by atoms with Crippen LogP contribution in [0.25, 0.3) is 0 Å². The van der Waals surface area contributed by atoms with Crippen molar-refractivity contribution in [3.05, 3.63) is 59.7 Å². The fraction of sp³-hybridized carbons (Fsp3) is 0.611. The van der Waals surface area contributed by atoms with Gasteiger partial charge < -0.3 is 39.5 Å². The number of aryl methyl sites for hydroxylation is 1. The van der Waals surface area contributed by atoms with Crippen molar-refractivity contribution in [2.75, 3.05) is 53.6 Å². The molecule has 10 nitrogen and oxygen atoms in total. The van der Waals surface area contributed by atoms with Gasteiger partial charge in [0.2, 0.25) is 0 Å². The van der Waals surface area contributed by atoms with Gasteiger partial charge in [-0.1, -0.05) is 63.0 Å². The van der Waals surface area contributed by atoms with Crippen LogP contribution in [0, 0.1) is 5.92 Å². The third kappa shape index (κ3) is 11.5. The van der Waals surface area contributed by atoms with E-state index in [4.69, 9.17) is 14.2 Å². The summed E-state index contributed by atoms with van der Waals surface area (Å²) in [5.74, 6) is 1.10. The first-order chi connectivity index (χ1) is 22.4. The SMILES string of the molecule is CCc1ccccc1Oc1ccccc1[C@](O)(CCCCOC)[C@@H]1CCCN(C(=O)N[C@@H](CO)CN(C)C(=O)OCC[Si](C)(C)C)C1. The fourth-order valence-corrected chi connectivity index (χ4v) is 6.77. The number of rotatable bonds is 17. The molecule has 0 aliphatic carbocycles. The average molecular weight is 672 g/mol. The molecule has 262 valence electrons. The molecule has 3 N–H and O–H groups in total. The highest BCUT2D eigenvalue weighted by Crippen LogP contribution is 2.44. The molecule has 0 spiro atoms. The molecule has 1 saturated heterocycles. The second-order valence-corrected chi connectivity index (χ2v) is 19.5. The lowest BCUT2D eigenvalue weighted by molar-refractivity contribution is -0.0576. The number of unbranched alkanes of at least 4 members (excludes halogenated alkanes) is 1. The molecular weight excluding hydrogens is 614 g/mol. The van der Waals surface area contributed by atoms with E-state index in [0.29, 0.717) is 50.5 Å². The lowest BCUT2D eigenvalue weighted by Crippen LogP contribution is -2.55. The van der Waals surface area contributed by atoms with Gasteiger partial charge in [-0.3, -0.25) is 0 Å². The monoisotopic (exact) mass is 671 g/mol. The van der Waals surface area contributed by atoms with Crippen molar-refractivity contribution in [1.29, 1.82) is 0 Å². The Morgan fingerprint density at radius 3 is 2.47 bits per heavy atom. The van der Waals surface area contributed by atoms with Gasteiger partial charge in [0.05, 0.1) is 24.9 Å². The molecule has 0 bridgehead atoms. The normalized spacial score (nSPS) is 17.0. The van der Waals surface area contributed by atoms with Gasteiger partial charge in [0.1, 0.15) is 11.5 Å². The first kappa shape index (κ1) is 38.3. The number of para-hydroxylation sites is 2. The van der Waals surface area contributed by atoms with E-state index in [1.807, 2.05) is 48.5 Å². The largest absolute Gasteiger partial charge is 0.457 e. The van der Waals surface area contributed by atoms with Crippen LogP contribution in [0.3, 0.4) is 0 Å². The third-order valence-corrected chi connectivity index (χ3v) is 10.6. The molecule has 1 heterocycles.